The van der Waals surface area contributed by atoms with E-state index >= 15 is 0 Å². The van der Waals surface area contributed by atoms with Crippen molar-refractivity contribution in [1.82, 2.24) is 0 Å². The Bertz CT molecular complexity index is 1100. The standard InChI is InChI=1S/C25H30BrNO4S/c1-4-6-13-25(5-2)17-27(20-10-8-7-9-11-20)22-15-21(26)23(31-14-12-19(3)28)16-24(22)32(29,30)18-25/h7-12,14-16H,4-6,13,17-18H2,1-3H3/b14-12+. The number of anilines is 2. The molecule has 1 aliphatic heterocycles. The van der Waals surface area contributed by atoms with Crippen LogP contribution in [0.1, 0.15) is 46.5 Å². The number of carbonyl (C=O) groups excluding carboxylic acids is 1. The summed E-state index contributed by atoms with van der Waals surface area (Å²) in [5.74, 6) is 0.301. The molecule has 32 heavy (non-hydrogen) atoms. The molecule has 0 radical (unpaired) electrons. The first kappa shape index (κ1) is 24.5. The number of unbranched alkanes of at least 4 members (excludes halogenated alkanes) is 1. The first-order valence-corrected chi connectivity index (χ1v) is 13.4. The van der Waals surface area contributed by atoms with E-state index in [1.54, 1.807) is 6.07 Å². The van der Waals surface area contributed by atoms with Crippen LogP contribution >= 0.6 is 15.9 Å². The van der Waals surface area contributed by atoms with Crippen molar-refractivity contribution in [3.05, 3.63) is 59.3 Å². The monoisotopic (exact) mass is 519 g/mol. The van der Waals surface area contributed by atoms with Crippen molar-refractivity contribution in [1.29, 1.82) is 0 Å². The van der Waals surface area contributed by atoms with E-state index in [0.29, 0.717) is 22.5 Å². The fourth-order valence-electron chi connectivity index (χ4n) is 4.16. The van der Waals surface area contributed by atoms with Gasteiger partial charge in [0, 0.05) is 29.8 Å². The third kappa shape index (κ3) is 5.44. The third-order valence-corrected chi connectivity index (χ3v) is 8.61. The molecule has 1 unspecified atom stereocenters. The largest absolute Gasteiger partial charge is 0.464 e. The van der Waals surface area contributed by atoms with Crippen molar-refractivity contribution in [3.8, 4) is 5.75 Å². The summed E-state index contributed by atoms with van der Waals surface area (Å²) in [5.41, 5.74) is 1.24. The zero-order valence-electron chi connectivity index (χ0n) is 18.8. The molecule has 0 aliphatic carbocycles. The second-order valence-corrected chi connectivity index (χ2v) is 11.2. The van der Waals surface area contributed by atoms with Gasteiger partial charge in [0.1, 0.15) is 5.75 Å². The van der Waals surface area contributed by atoms with E-state index in [1.807, 2.05) is 36.4 Å². The van der Waals surface area contributed by atoms with Gasteiger partial charge in [0.15, 0.2) is 15.6 Å². The molecule has 2 aromatic carbocycles. The highest BCUT2D eigenvalue weighted by molar-refractivity contribution is 9.10. The SMILES string of the molecule is CCCCC1(CC)CN(c2ccccc2)c2cc(Br)c(O/C=C/C(C)=O)cc2S(=O)(=O)C1. The Morgan fingerprint density at radius 1 is 1.22 bits per heavy atom. The molecule has 5 nitrogen and oxygen atoms in total. The van der Waals surface area contributed by atoms with Gasteiger partial charge in [-0.2, -0.15) is 0 Å². The van der Waals surface area contributed by atoms with Gasteiger partial charge in [-0.3, -0.25) is 4.79 Å². The second-order valence-electron chi connectivity index (χ2n) is 8.42. The van der Waals surface area contributed by atoms with E-state index in [-0.39, 0.29) is 21.8 Å². The van der Waals surface area contributed by atoms with Gasteiger partial charge in [-0.05, 0) is 53.9 Å². The fraction of sp³-hybridized carbons (Fsp3) is 0.400. The van der Waals surface area contributed by atoms with Crippen molar-refractivity contribution in [2.45, 2.75) is 51.3 Å². The van der Waals surface area contributed by atoms with Crippen LogP contribution in [0.5, 0.6) is 5.75 Å². The molecule has 0 spiro atoms. The predicted octanol–water partition coefficient (Wildman–Crippen LogP) is 6.44. The van der Waals surface area contributed by atoms with Gasteiger partial charge < -0.3 is 9.64 Å². The molecule has 7 heteroatoms. The number of para-hydroxylation sites is 1. The highest BCUT2D eigenvalue weighted by Gasteiger charge is 2.41. The number of ether oxygens (including phenoxy) is 1. The minimum Gasteiger partial charge on any atom is -0.464 e. The van der Waals surface area contributed by atoms with E-state index < -0.39 is 9.84 Å². The van der Waals surface area contributed by atoms with Crippen molar-refractivity contribution >= 4 is 42.9 Å². The maximum Gasteiger partial charge on any atom is 0.181 e. The molecule has 0 bridgehead atoms. The number of sulfone groups is 1. The van der Waals surface area contributed by atoms with Crippen LogP contribution in [0.3, 0.4) is 0 Å². The summed E-state index contributed by atoms with van der Waals surface area (Å²) in [4.78, 5) is 13.6. The molecular formula is C25H30BrNO4S. The van der Waals surface area contributed by atoms with Gasteiger partial charge in [-0.25, -0.2) is 8.42 Å². The number of allylic oxidation sites excluding steroid dienone is 1. The normalized spacial score (nSPS) is 20.1. The smallest absolute Gasteiger partial charge is 0.181 e. The first-order chi connectivity index (χ1) is 15.2. The molecule has 3 rings (SSSR count). The van der Waals surface area contributed by atoms with Crippen LogP contribution in [0.25, 0.3) is 0 Å². The lowest BCUT2D eigenvalue weighted by Gasteiger charge is -2.36. The number of hydrogen-bond acceptors (Lipinski definition) is 5. The van der Waals surface area contributed by atoms with E-state index in [1.165, 1.54) is 19.3 Å². The average Bonchev–Trinajstić information content (AvgIpc) is 2.85. The van der Waals surface area contributed by atoms with Gasteiger partial charge in [-0.1, -0.05) is 44.9 Å². The van der Waals surface area contributed by atoms with E-state index in [9.17, 15) is 13.2 Å². The molecule has 0 amide bonds. The Balaban J connectivity index is 2.19. The first-order valence-electron chi connectivity index (χ1n) is 10.9. The molecule has 1 atom stereocenters. The second kappa shape index (κ2) is 10.2. The lowest BCUT2D eigenvalue weighted by Crippen LogP contribution is -2.37. The van der Waals surface area contributed by atoms with Crippen LogP contribution in [0.2, 0.25) is 0 Å². The molecular weight excluding hydrogens is 490 g/mol. The highest BCUT2D eigenvalue weighted by Crippen LogP contribution is 2.46. The van der Waals surface area contributed by atoms with Crippen molar-refractivity contribution in [2.75, 3.05) is 17.2 Å². The van der Waals surface area contributed by atoms with Crippen LogP contribution in [0, 0.1) is 5.41 Å². The Morgan fingerprint density at radius 3 is 2.56 bits per heavy atom. The Hall–Kier alpha value is -2.12. The Labute approximate surface area is 199 Å². The molecule has 0 aromatic heterocycles. The zero-order valence-corrected chi connectivity index (χ0v) is 21.2. The topological polar surface area (TPSA) is 63.7 Å². The summed E-state index contributed by atoms with van der Waals surface area (Å²) in [6.07, 6.45) is 6.21. The van der Waals surface area contributed by atoms with Gasteiger partial charge in [0.25, 0.3) is 0 Å². The lowest BCUT2D eigenvalue weighted by molar-refractivity contribution is -0.112. The number of nitrogens with zero attached hydrogens (tertiary/aromatic N) is 1. The Kier molecular flexibility index (Phi) is 7.83. The zero-order chi connectivity index (χ0) is 23.4. The van der Waals surface area contributed by atoms with Crippen LogP contribution in [0.15, 0.2) is 64.2 Å². The molecule has 0 N–H and O–H groups in total. The number of benzene rings is 2. The summed E-state index contributed by atoms with van der Waals surface area (Å²) in [5, 5.41) is 0. The Morgan fingerprint density at radius 2 is 1.94 bits per heavy atom. The van der Waals surface area contributed by atoms with E-state index in [4.69, 9.17) is 4.74 Å². The molecule has 1 heterocycles. The average molecular weight is 520 g/mol. The van der Waals surface area contributed by atoms with Crippen LogP contribution in [0.4, 0.5) is 11.4 Å². The third-order valence-electron chi connectivity index (χ3n) is 6.01. The van der Waals surface area contributed by atoms with E-state index in [0.717, 1.165) is 31.4 Å². The summed E-state index contributed by atoms with van der Waals surface area (Å²) in [6, 6.07) is 13.3. The lowest BCUT2D eigenvalue weighted by atomic mass is 9.81. The highest BCUT2D eigenvalue weighted by atomic mass is 79.9. The quantitative estimate of drug-likeness (QED) is 0.296. The van der Waals surface area contributed by atoms with Crippen LogP contribution in [-0.4, -0.2) is 26.5 Å². The molecule has 172 valence electrons. The minimum atomic E-state index is -3.58. The summed E-state index contributed by atoms with van der Waals surface area (Å²) < 4.78 is 33.6. The van der Waals surface area contributed by atoms with Crippen LogP contribution < -0.4 is 9.64 Å². The predicted molar refractivity (Wildman–Crippen MR) is 132 cm³/mol. The van der Waals surface area contributed by atoms with Gasteiger partial charge >= 0.3 is 0 Å². The number of fused-ring (bicyclic) bond motifs is 1. The maximum atomic E-state index is 13.7. The van der Waals surface area contributed by atoms with Gasteiger partial charge in [0.05, 0.1) is 27.1 Å². The molecule has 1 aliphatic rings. The molecule has 2 aromatic rings. The molecule has 0 fully saturated rings. The van der Waals surface area contributed by atoms with E-state index in [2.05, 4.69) is 34.7 Å². The van der Waals surface area contributed by atoms with Crippen molar-refractivity contribution < 1.29 is 17.9 Å². The number of hydrogen-bond donors (Lipinski definition) is 0. The summed E-state index contributed by atoms with van der Waals surface area (Å²) in [6.45, 7) is 6.26. The van der Waals surface area contributed by atoms with Crippen molar-refractivity contribution in [2.24, 2.45) is 5.41 Å². The summed E-state index contributed by atoms with van der Waals surface area (Å²) >= 11 is 3.53. The number of rotatable bonds is 8. The summed E-state index contributed by atoms with van der Waals surface area (Å²) in [7, 11) is -3.58. The number of carbonyl (C=O) groups is 1. The van der Waals surface area contributed by atoms with Gasteiger partial charge in [-0.15, -0.1) is 0 Å². The maximum absolute atomic E-state index is 13.7. The minimum absolute atomic E-state index is 0.0944. The molecule has 0 saturated heterocycles. The van der Waals surface area contributed by atoms with Crippen molar-refractivity contribution in [3.63, 3.8) is 0 Å². The fourth-order valence-corrected chi connectivity index (χ4v) is 6.76. The molecule has 0 saturated carbocycles. The number of ketones is 1. The van der Waals surface area contributed by atoms with Gasteiger partial charge in [0.2, 0.25) is 0 Å². The van der Waals surface area contributed by atoms with Crippen LogP contribution in [-0.2, 0) is 14.6 Å². The number of halogens is 1.